The molecule has 2 aromatic rings. The van der Waals surface area contributed by atoms with Gasteiger partial charge in [0.2, 0.25) is 0 Å². The molecule has 0 fully saturated rings. The number of halogens is 1. The Kier molecular flexibility index (Phi) is 3.65. The highest BCUT2D eigenvalue weighted by Gasteiger charge is 2.10. The molecule has 2 rings (SSSR count). The molecular formula is C10H8ClN3O2S. The normalized spacial score (nSPS) is 10.4. The summed E-state index contributed by atoms with van der Waals surface area (Å²) in [6.45, 7) is 0. The lowest BCUT2D eigenvalue weighted by Crippen LogP contribution is -1.87. The second-order valence-corrected chi connectivity index (χ2v) is 4.69. The summed E-state index contributed by atoms with van der Waals surface area (Å²) in [5.74, 6) is 0.490. The Bertz CT molecular complexity index is 544. The minimum Gasteiger partial charge on any atom is -0.258 e. The van der Waals surface area contributed by atoms with Gasteiger partial charge in [0.05, 0.1) is 4.92 Å². The Balaban J connectivity index is 2.32. The molecule has 0 unspecified atom stereocenters. The van der Waals surface area contributed by atoms with Crippen molar-refractivity contribution >= 4 is 28.6 Å². The molecule has 17 heavy (non-hydrogen) atoms. The molecule has 0 aliphatic carbocycles. The fourth-order valence-electron chi connectivity index (χ4n) is 1.30. The van der Waals surface area contributed by atoms with Crippen LogP contribution in [0.3, 0.4) is 0 Å². The predicted molar refractivity (Wildman–Crippen MR) is 66.4 cm³/mol. The standard InChI is InChI=1S/C10H8ClN3O2S/c11-5-4-9-12-13-10(17-9)7-2-1-3-8(6-7)14(15)16/h1-3,6H,4-5H2. The minimum atomic E-state index is -0.426. The lowest BCUT2D eigenvalue weighted by molar-refractivity contribution is -0.384. The zero-order valence-corrected chi connectivity index (χ0v) is 10.2. The van der Waals surface area contributed by atoms with Gasteiger partial charge in [0, 0.05) is 30.0 Å². The van der Waals surface area contributed by atoms with Crippen LogP contribution in [0.2, 0.25) is 0 Å². The van der Waals surface area contributed by atoms with Crippen LogP contribution in [-0.4, -0.2) is 21.0 Å². The molecule has 7 heteroatoms. The van der Waals surface area contributed by atoms with E-state index >= 15 is 0 Å². The number of aromatic nitrogens is 2. The van der Waals surface area contributed by atoms with Gasteiger partial charge in [-0.3, -0.25) is 10.1 Å². The van der Waals surface area contributed by atoms with Gasteiger partial charge in [0.1, 0.15) is 10.0 Å². The number of nitro benzene ring substituents is 1. The van der Waals surface area contributed by atoms with Crippen molar-refractivity contribution < 1.29 is 4.92 Å². The second-order valence-electron chi connectivity index (χ2n) is 3.25. The summed E-state index contributed by atoms with van der Waals surface area (Å²) in [6, 6.07) is 6.35. The fraction of sp³-hybridized carbons (Fsp3) is 0.200. The second kappa shape index (κ2) is 5.20. The number of aryl methyl sites for hydroxylation is 1. The van der Waals surface area contributed by atoms with Crippen molar-refractivity contribution in [2.24, 2.45) is 0 Å². The molecule has 1 aromatic heterocycles. The molecule has 0 atom stereocenters. The van der Waals surface area contributed by atoms with E-state index in [1.54, 1.807) is 12.1 Å². The van der Waals surface area contributed by atoms with Crippen LogP contribution in [0.25, 0.3) is 10.6 Å². The summed E-state index contributed by atoms with van der Waals surface area (Å²) in [5, 5.41) is 20.1. The molecular weight excluding hydrogens is 262 g/mol. The van der Waals surface area contributed by atoms with E-state index < -0.39 is 4.92 Å². The fourth-order valence-corrected chi connectivity index (χ4v) is 2.43. The van der Waals surface area contributed by atoms with Crippen molar-refractivity contribution in [2.45, 2.75) is 6.42 Å². The van der Waals surface area contributed by atoms with E-state index in [1.165, 1.54) is 23.5 Å². The Labute approximate surface area is 106 Å². The van der Waals surface area contributed by atoms with Crippen LogP contribution in [0.4, 0.5) is 5.69 Å². The van der Waals surface area contributed by atoms with Crippen molar-refractivity contribution in [3.05, 3.63) is 39.4 Å². The van der Waals surface area contributed by atoms with Crippen molar-refractivity contribution in [3.8, 4) is 10.6 Å². The molecule has 0 bridgehead atoms. The van der Waals surface area contributed by atoms with E-state index in [0.29, 0.717) is 22.9 Å². The first-order valence-corrected chi connectivity index (χ1v) is 6.19. The van der Waals surface area contributed by atoms with Crippen LogP contribution in [0.15, 0.2) is 24.3 Å². The third kappa shape index (κ3) is 2.78. The van der Waals surface area contributed by atoms with Gasteiger partial charge in [-0.2, -0.15) is 0 Å². The molecule has 1 heterocycles. The first-order valence-electron chi connectivity index (χ1n) is 4.84. The molecule has 0 N–H and O–H groups in total. The molecule has 0 aliphatic heterocycles. The van der Waals surface area contributed by atoms with Crippen LogP contribution in [0.5, 0.6) is 0 Å². The zero-order chi connectivity index (χ0) is 12.3. The third-order valence-corrected chi connectivity index (χ3v) is 3.30. The van der Waals surface area contributed by atoms with Gasteiger partial charge < -0.3 is 0 Å². The highest BCUT2D eigenvalue weighted by molar-refractivity contribution is 7.14. The smallest absolute Gasteiger partial charge is 0.258 e. The quantitative estimate of drug-likeness (QED) is 0.486. The van der Waals surface area contributed by atoms with Gasteiger partial charge in [-0.05, 0) is 0 Å². The van der Waals surface area contributed by atoms with Crippen molar-refractivity contribution in [1.29, 1.82) is 0 Å². The predicted octanol–water partition coefficient (Wildman–Crippen LogP) is 2.89. The van der Waals surface area contributed by atoms with E-state index in [0.717, 1.165) is 5.01 Å². The summed E-state index contributed by atoms with van der Waals surface area (Å²) in [6.07, 6.45) is 0.661. The molecule has 0 aliphatic rings. The van der Waals surface area contributed by atoms with E-state index in [1.807, 2.05) is 0 Å². The largest absolute Gasteiger partial charge is 0.270 e. The molecule has 0 amide bonds. The van der Waals surface area contributed by atoms with Gasteiger partial charge in [-0.15, -0.1) is 21.8 Å². The molecule has 0 saturated carbocycles. The number of hydrogen-bond donors (Lipinski definition) is 0. The Morgan fingerprint density at radius 3 is 2.94 bits per heavy atom. The lowest BCUT2D eigenvalue weighted by Gasteiger charge is -1.94. The number of benzene rings is 1. The molecule has 88 valence electrons. The van der Waals surface area contributed by atoms with Crippen LogP contribution < -0.4 is 0 Å². The third-order valence-electron chi connectivity index (χ3n) is 2.08. The SMILES string of the molecule is O=[N+]([O-])c1cccc(-c2nnc(CCCl)s2)c1. The van der Waals surface area contributed by atoms with Crippen LogP contribution in [-0.2, 0) is 6.42 Å². The molecule has 0 saturated heterocycles. The summed E-state index contributed by atoms with van der Waals surface area (Å²) in [5.41, 5.74) is 0.758. The Morgan fingerprint density at radius 1 is 1.41 bits per heavy atom. The number of nitrogens with zero attached hydrogens (tertiary/aromatic N) is 3. The molecule has 0 radical (unpaired) electrons. The van der Waals surface area contributed by atoms with E-state index in [-0.39, 0.29) is 5.69 Å². The van der Waals surface area contributed by atoms with Gasteiger partial charge in [-0.25, -0.2) is 0 Å². The van der Waals surface area contributed by atoms with Gasteiger partial charge >= 0.3 is 0 Å². The maximum absolute atomic E-state index is 10.6. The topological polar surface area (TPSA) is 68.9 Å². The van der Waals surface area contributed by atoms with Crippen LogP contribution in [0, 0.1) is 10.1 Å². The Hall–Kier alpha value is -1.53. The number of alkyl halides is 1. The average molecular weight is 270 g/mol. The maximum atomic E-state index is 10.6. The highest BCUT2D eigenvalue weighted by Crippen LogP contribution is 2.26. The molecule has 0 spiro atoms. The number of rotatable bonds is 4. The minimum absolute atomic E-state index is 0.0524. The van der Waals surface area contributed by atoms with Gasteiger partial charge in [-0.1, -0.05) is 23.5 Å². The summed E-state index contributed by atoms with van der Waals surface area (Å²) >= 11 is 7.01. The van der Waals surface area contributed by atoms with Crippen molar-refractivity contribution in [2.75, 3.05) is 5.88 Å². The molecule has 5 nitrogen and oxygen atoms in total. The maximum Gasteiger partial charge on any atom is 0.270 e. The highest BCUT2D eigenvalue weighted by atomic mass is 35.5. The summed E-state index contributed by atoms with van der Waals surface area (Å²) in [7, 11) is 0. The number of non-ortho nitro benzene ring substituents is 1. The van der Waals surface area contributed by atoms with Crippen molar-refractivity contribution in [3.63, 3.8) is 0 Å². The average Bonchev–Trinajstić information content (AvgIpc) is 2.78. The van der Waals surface area contributed by atoms with Gasteiger partial charge in [0.15, 0.2) is 0 Å². The van der Waals surface area contributed by atoms with E-state index in [9.17, 15) is 10.1 Å². The monoisotopic (exact) mass is 269 g/mol. The molecule has 1 aromatic carbocycles. The first kappa shape index (κ1) is 11.9. The van der Waals surface area contributed by atoms with E-state index in [4.69, 9.17) is 11.6 Å². The van der Waals surface area contributed by atoms with Gasteiger partial charge in [0.25, 0.3) is 5.69 Å². The zero-order valence-electron chi connectivity index (χ0n) is 8.67. The number of hydrogen-bond acceptors (Lipinski definition) is 5. The van der Waals surface area contributed by atoms with Crippen LogP contribution >= 0.6 is 22.9 Å². The summed E-state index contributed by atoms with van der Waals surface area (Å²) in [4.78, 5) is 10.2. The lowest BCUT2D eigenvalue weighted by atomic mass is 10.2. The van der Waals surface area contributed by atoms with E-state index in [2.05, 4.69) is 10.2 Å². The summed E-state index contributed by atoms with van der Waals surface area (Å²) < 4.78 is 0. The van der Waals surface area contributed by atoms with Crippen LogP contribution in [0.1, 0.15) is 5.01 Å². The number of nitro groups is 1. The van der Waals surface area contributed by atoms with Crippen molar-refractivity contribution in [1.82, 2.24) is 10.2 Å². The first-order chi connectivity index (χ1) is 8.20. The Morgan fingerprint density at radius 2 is 2.24 bits per heavy atom.